The van der Waals surface area contributed by atoms with E-state index in [0.29, 0.717) is 24.4 Å². The summed E-state index contributed by atoms with van der Waals surface area (Å²) in [5, 5.41) is 14.3. The molecule has 0 unspecified atom stereocenters. The van der Waals surface area contributed by atoms with E-state index in [2.05, 4.69) is 20.7 Å². The summed E-state index contributed by atoms with van der Waals surface area (Å²) < 4.78 is 5.17. The van der Waals surface area contributed by atoms with E-state index >= 15 is 0 Å². The first-order valence-electron chi connectivity index (χ1n) is 10.6. The van der Waals surface area contributed by atoms with Crippen LogP contribution in [0.4, 0.5) is 0 Å². The van der Waals surface area contributed by atoms with Crippen molar-refractivity contribution in [3.8, 4) is 0 Å². The van der Waals surface area contributed by atoms with Gasteiger partial charge >= 0.3 is 0 Å². The highest BCUT2D eigenvalue weighted by Crippen LogP contribution is 2.27. The van der Waals surface area contributed by atoms with E-state index in [9.17, 15) is 9.59 Å². The first-order chi connectivity index (χ1) is 14.0. The maximum atomic E-state index is 12.8. The van der Waals surface area contributed by atoms with Crippen molar-refractivity contribution in [1.29, 1.82) is 0 Å². The Morgan fingerprint density at radius 3 is 2.76 bits per heavy atom. The molecule has 4 rings (SSSR count). The molecule has 2 amide bonds. The number of carbonyl (C=O) groups is 2. The molecule has 0 radical (unpaired) electrons. The molecule has 0 bridgehead atoms. The lowest BCUT2D eigenvalue weighted by molar-refractivity contribution is -0.131. The summed E-state index contributed by atoms with van der Waals surface area (Å²) in [6.45, 7) is 5.08. The maximum Gasteiger partial charge on any atom is 0.271 e. The molecule has 0 aromatic carbocycles. The van der Waals surface area contributed by atoms with Gasteiger partial charge in [-0.15, -0.1) is 0 Å². The van der Waals surface area contributed by atoms with Gasteiger partial charge in [0.25, 0.3) is 5.91 Å². The van der Waals surface area contributed by atoms with E-state index in [1.807, 2.05) is 24.8 Å². The van der Waals surface area contributed by atoms with Crippen LogP contribution in [0.2, 0.25) is 0 Å². The molecule has 1 saturated carbocycles. The summed E-state index contributed by atoms with van der Waals surface area (Å²) in [5.41, 5.74) is 3.02. The van der Waals surface area contributed by atoms with Crippen LogP contribution in [0.25, 0.3) is 0 Å². The number of nitrogens with zero attached hydrogens (tertiary/aromatic N) is 3. The second-order valence-corrected chi connectivity index (χ2v) is 8.32. The normalized spacial score (nSPS) is 20.2. The van der Waals surface area contributed by atoms with Crippen LogP contribution in [0, 0.1) is 13.8 Å². The number of rotatable bonds is 5. The number of aromatic amines is 1. The molecule has 156 valence electrons. The number of H-pyrrole nitrogens is 1. The number of hydrogen-bond acceptors (Lipinski definition) is 5. The predicted octanol–water partition coefficient (Wildman–Crippen LogP) is 2.64. The number of aryl methyl sites for hydroxylation is 2. The van der Waals surface area contributed by atoms with Gasteiger partial charge in [0.05, 0.1) is 12.1 Å². The SMILES string of the molecule is Cc1noc(C)c1CC(=O)N1CCC[C@@H](c2cc(C(=O)NC3CCCC3)n[nH]2)C1. The van der Waals surface area contributed by atoms with Gasteiger partial charge in [-0.25, -0.2) is 0 Å². The van der Waals surface area contributed by atoms with Crippen molar-refractivity contribution in [3.63, 3.8) is 0 Å². The van der Waals surface area contributed by atoms with Crippen molar-refractivity contribution >= 4 is 11.8 Å². The third kappa shape index (κ3) is 4.36. The van der Waals surface area contributed by atoms with Crippen LogP contribution in [0.5, 0.6) is 0 Å². The number of nitrogens with one attached hydrogen (secondary N) is 2. The van der Waals surface area contributed by atoms with Crippen molar-refractivity contribution in [2.24, 2.45) is 0 Å². The monoisotopic (exact) mass is 399 g/mol. The fourth-order valence-electron chi connectivity index (χ4n) is 4.47. The molecule has 2 aromatic rings. The van der Waals surface area contributed by atoms with Crippen LogP contribution in [-0.4, -0.2) is 51.2 Å². The molecular weight excluding hydrogens is 370 g/mol. The molecule has 0 spiro atoms. The second kappa shape index (κ2) is 8.39. The largest absolute Gasteiger partial charge is 0.361 e. The summed E-state index contributed by atoms with van der Waals surface area (Å²) in [5.74, 6) is 0.846. The molecule has 1 atom stereocenters. The molecule has 29 heavy (non-hydrogen) atoms. The fraction of sp³-hybridized carbons (Fsp3) is 0.619. The first-order valence-corrected chi connectivity index (χ1v) is 10.6. The summed E-state index contributed by atoms with van der Waals surface area (Å²) >= 11 is 0. The lowest BCUT2D eigenvalue weighted by atomic mass is 9.94. The van der Waals surface area contributed by atoms with Crippen molar-refractivity contribution in [2.45, 2.75) is 70.8 Å². The fourth-order valence-corrected chi connectivity index (χ4v) is 4.47. The molecule has 1 aliphatic carbocycles. The minimum atomic E-state index is -0.110. The minimum Gasteiger partial charge on any atom is -0.361 e. The second-order valence-electron chi connectivity index (χ2n) is 8.32. The van der Waals surface area contributed by atoms with Gasteiger partial charge in [0.15, 0.2) is 0 Å². The molecule has 2 aliphatic rings. The Balaban J connectivity index is 1.37. The highest BCUT2D eigenvalue weighted by Gasteiger charge is 2.28. The molecule has 2 fully saturated rings. The molecule has 3 heterocycles. The Hall–Kier alpha value is -2.64. The van der Waals surface area contributed by atoms with E-state index in [0.717, 1.165) is 49.2 Å². The zero-order valence-electron chi connectivity index (χ0n) is 17.2. The molecule has 1 aliphatic heterocycles. The number of hydrogen-bond donors (Lipinski definition) is 2. The highest BCUT2D eigenvalue weighted by atomic mass is 16.5. The van der Waals surface area contributed by atoms with Gasteiger partial charge in [-0.2, -0.15) is 5.10 Å². The lowest BCUT2D eigenvalue weighted by Crippen LogP contribution is -2.40. The zero-order valence-corrected chi connectivity index (χ0v) is 17.2. The van der Waals surface area contributed by atoms with E-state index in [1.54, 1.807) is 0 Å². The summed E-state index contributed by atoms with van der Waals surface area (Å²) in [6.07, 6.45) is 6.67. The Morgan fingerprint density at radius 1 is 1.24 bits per heavy atom. The number of likely N-dealkylation sites (tertiary alicyclic amines) is 1. The van der Waals surface area contributed by atoms with Gasteiger partial charge < -0.3 is 14.7 Å². The van der Waals surface area contributed by atoms with E-state index < -0.39 is 0 Å². The average molecular weight is 399 g/mol. The maximum absolute atomic E-state index is 12.8. The predicted molar refractivity (Wildman–Crippen MR) is 107 cm³/mol. The average Bonchev–Trinajstić information content (AvgIpc) is 3.47. The Kier molecular flexibility index (Phi) is 5.69. The van der Waals surface area contributed by atoms with E-state index in [1.165, 1.54) is 12.8 Å². The summed E-state index contributed by atoms with van der Waals surface area (Å²) in [7, 11) is 0. The van der Waals surface area contributed by atoms with Crippen LogP contribution < -0.4 is 5.32 Å². The van der Waals surface area contributed by atoms with Gasteiger partial charge in [0.2, 0.25) is 5.91 Å². The van der Waals surface area contributed by atoms with Crippen molar-refractivity contribution in [2.75, 3.05) is 13.1 Å². The Morgan fingerprint density at radius 2 is 2.03 bits per heavy atom. The molecule has 2 N–H and O–H groups in total. The number of aromatic nitrogens is 3. The molecular formula is C21H29N5O3. The van der Waals surface area contributed by atoms with Crippen molar-refractivity contribution in [3.05, 3.63) is 34.5 Å². The van der Waals surface area contributed by atoms with Crippen molar-refractivity contribution in [1.82, 2.24) is 25.6 Å². The summed E-state index contributed by atoms with van der Waals surface area (Å²) in [4.78, 5) is 27.2. The minimum absolute atomic E-state index is 0.0859. The molecule has 8 heteroatoms. The van der Waals surface area contributed by atoms with Crippen LogP contribution >= 0.6 is 0 Å². The third-order valence-corrected chi connectivity index (χ3v) is 6.24. The van der Waals surface area contributed by atoms with E-state index in [4.69, 9.17) is 4.52 Å². The standard InChI is InChI=1S/C21H29N5O3/c1-13-17(14(2)29-25-13)10-20(27)26-9-5-6-15(12-26)18-11-19(24-23-18)21(28)22-16-7-3-4-8-16/h11,15-16H,3-10,12H2,1-2H3,(H,22,28)(H,23,24)/t15-/m1/s1. The number of piperidine rings is 1. The highest BCUT2D eigenvalue weighted by molar-refractivity contribution is 5.92. The Bertz CT molecular complexity index is 861. The molecule has 1 saturated heterocycles. The quantitative estimate of drug-likeness (QED) is 0.804. The van der Waals surface area contributed by atoms with Gasteiger partial charge in [-0.3, -0.25) is 14.7 Å². The first kappa shape index (κ1) is 19.7. The lowest BCUT2D eigenvalue weighted by Gasteiger charge is -2.32. The van der Waals surface area contributed by atoms with Crippen LogP contribution in [0.15, 0.2) is 10.6 Å². The Labute approximate surface area is 170 Å². The van der Waals surface area contributed by atoms with Gasteiger partial charge in [-0.05, 0) is 45.6 Å². The smallest absolute Gasteiger partial charge is 0.271 e. The zero-order chi connectivity index (χ0) is 20.4. The number of carbonyl (C=O) groups excluding carboxylic acids is 2. The van der Waals surface area contributed by atoms with E-state index in [-0.39, 0.29) is 23.8 Å². The summed E-state index contributed by atoms with van der Waals surface area (Å²) in [6, 6.07) is 2.12. The van der Waals surface area contributed by atoms with Crippen LogP contribution in [0.1, 0.15) is 77.6 Å². The van der Waals surface area contributed by atoms with Crippen molar-refractivity contribution < 1.29 is 14.1 Å². The van der Waals surface area contributed by atoms with Gasteiger partial charge in [-0.1, -0.05) is 18.0 Å². The molecule has 8 nitrogen and oxygen atoms in total. The van der Waals surface area contributed by atoms with Gasteiger partial charge in [0.1, 0.15) is 11.5 Å². The number of amides is 2. The van der Waals surface area contributed by atoms with Gasteiger partial charge in [0, 0.05) is 36.3 Å². The molecule has 2 aromatic heterocycles. The van der Waals surface area contributed by atoms with Crippen LogP contribution in [-0.2, 0) is 11.2 Å². The third-order valence-electron chi connectivity index (χ3n) is 6.24. The topological polar surface area (TPSA) is 104 Å². The van der Waals surface area contributed by atoms with Crippen LogP contribution in [0.3, 0.4) is 0 Å².